The van der Waals surface area contributed by atoms with Crippen LogP contribution in [0.3, 0.4) is 0 Å². The number of hydrogen-bond acceptors (Lipinski definition) is 5. The Morgan fingerprint density at radius 1 is 1.36 bits per heavy atom. The fourth-order valence-electron chi connectivity index (χ4n) is 3.15. The fraction of sp³-hybridized carbons (Fsp3) is 0.571. The molecule has 1 aromatic heterocycles. The predicted molar refractivity (Wildman–Crippen MR) is 81.0 cm³/mol. The summed E-state index contributed by atoms with van der Waals surface area (Å²) in [6.45, 7) is 4.58. The van der Waals surface area contributed by atoms with E-state index in [4.69, 9.17) is 0 Å². The summed E-state index contributed by atoms with van der Waals surface area (Å²) in [6, 6.07) is 1.77. The zero-order valence-electron chi connectivity index (χ0n) is 12.5. The third kappa shape index (κ3) is 2.68. The van der Waals surface area contributed by atoms with E-state index in [1.54, 1.807) is 19.2 Å². The minimum atomic E-state index is -0.380. The van der Waals surface area contributed by atoms with Gasteiger partial charge < -0.3 is 15.1 Å². The highest BCUT2D eigenvalue weighted by atomic mass is 16.6. The highest BCUT2D eigenvalue weighted by Gasteiger charge is 2.32. The number of pyridine rings is 1. The lowest BCUT2D eigenvalue weighted by molar-refractivity contribution is -0.384. The molecule has 0 atom stereocenters. The van der Waals surface area contributed by atoms with Gasteiger partial charge in [-0.1, -0.05) is 0 Å². The first-order valence-electron chi connectivity index (χ1n) is 7.46. The average Bonchev–Trinajstić information content (AvgIpc) is 2.93. The van der Waals surface area contributed by atoms with Crippen LogP contribution in [0, 0.1) is 17.0 Å². The first kappa shape index (κ1) is 14.6. The molecule has 3 heterocycles. The zero-order valence-corrected chi connectivity index (χ0v) is 12.5. The van der Waals surface area contributed by atoms with Gasteiger partial charge in [-0.15, -0.1) is 0 Å². The van der Waals surface area contributed by atoms with Crippen LogP contribution in [0.2, 0.25) is 0 Å². The van der Waals surface area contributed by atoms with Crippen molar-refractivity contribution in [2.45, 2.75) is 25.8 Å². The van der Waals surface area contributed by atoms with E-state index in [2.05, 4.69) is 10.3 Å². The van der Waals surface area contributed by atoms with Crippen molar-refractivity contribution in [1.82, 2.24) is 15.2 Å². The summed E-state index contributed by atoms with van der Waals surface area (Å²) >= 11 is 0. The molecule has 2 aliphatic heterocycles. The summed E-state index contributed by atoms with van der Waals surface area (Å²) in [5.74, 6) is 0.430. The van der Waals surface area contributed by atoms with Crippen molar-refractivity contribution in [3.05, 3.63) is 27.9 Å². The number of aromatic nitrogens is 1. The van der Waals surface area contributed by atoms with Gasteiger partial charge in [0, 0.05) is 44.5 Å². The third-order valence-corrected chi connectivity index (χ3v) is 4.28. The maximum absolute atomic E-state index is 11.7. The van der Waals surface area contributed by atoms with E-state index in [1.807, 2.05) is 9.80 Å². The summed E-state index contributed by atoms with van der Waals surface area (Å²) in [5, 5.41) is 14.0. The Balaban J connectivity index is 1.71. The zero-order chi connectivity index (χ0) is 15.7. The van der Waals surface area contributed by atoms with Crippen LogP contribution in [0.1, 0.15) is 18.4 Å². The van der Waals surface area contributed by atoms with Crippen LogP contribution in [0.4, 0.5) is 16.3 Å². The van der Waals surface area contributed by atoms with Gasteiger partial charge in [-0.05, 0) is 25.3 Å². The summed E-state index contributed by atoms with van der Waals surface area (Å²) in [7, 11) is 0. The molecule has 0 radical (unpaired) electrons. The Labute approximate surface area is 128 Å². The Morgan fingerprint density at radius 2 is 2.09 bits per heavy atom. The molecule has 118 valence electrons. The summed E-state index contributed by atoms with van der Waals surface area (Å²) in [5.41, 5.74) is 0.830. The molecule has 8 heteroatoms. The number of nitro groups is 1. The van der Waals surface area contributed by atoms with Crippen LogP contribution in [0.5, 0.6) is 0 Å². The quantitative estimate of drug-likeness (QED) is 0.671. The molecule has 0 aromatic carbocycles. The Hall–Kier alpha value is -2.38. The smallest absolute Gasteiger partial charge is 0.317 e. The summed E-state index contributed by atoms with van der Waals surface area (Å²) in [6.07, 6.45) is 3.27. The van der Waals surface area contributed by atoms with E-state index < -0.39 is 0 Å². The monoisotopic (exact) mass is 305 g/mol. The van der Waals surface area contributed by atoms with E-state index in [9.17, 15) is 14.9 Å². The Kier molecular flexibility index (Phi) is 3.82. The second-order valence-electron chi connectivity index (χ2n) is 5.76. The number of amides is 2. The van der Waals surface area contributed by atoms with E-state index in [1.165, 1.54) is 0 Å². The SMILES string of the molecule is Cc1cnc(N2CCC(N3CCNC3=O)CC2)c([N+](=O)[O-])c1. The molecule has 2 amide bonds. The van der Waals surface area contributed by atoms with Crippen LogP contribution < -0.4 is 10.2 Å². The normalized spacial score (nSPS) is 19.4. The minimum absolute atomic E-state index is 0.00195. The number of rotatable bonds is 3. The third-order valence-electron chi connectivity index (χ3n) is 4.28. The fourth-order valence-corrected chi connectivity index (χ4v) is 3.15. The minimum Gasteiger partial charge on any atom is -0.351 e. The maximum Gasteiger partial charge on any atom is 0.317 e. The molecule has 1 N–H and O–H groups in total. The topological polar surface area (TPSA) is 91.6 Å². The van der Waals surface area contributed by atoms with Crippen molar-refractivity contribution in [1.29, 1.82) is 0 Å². The van der Waals surface area contributed by atoms with Gasteiger partial charge in [0.2, 0.25) is 5.82 Å². The maximum atomic E-state index is 11.7. The number of urea groups is 1. The van der Waals surface area contributed by atoms with Gasteiger partial charge in [0.1, 0.15) is 0 Å². The van der Waals surface area contributed by atoms with Crippen molar-refractivity contribution in [3.8, 4) is 0 Å². The highest BCUT2D eigenvalue weighted by Crippen LogP contribution is 2.29. The van der Waals surface area contributed by atoms with Crippen LogP contribution in [0.25, 0.3) is 0 Å². The number of piperidine rings is 1. The van der Waals surface area contributed by atoms with Gasteiger partial charge in [0.25, 0.3) is 0 Å². The molecule has 0 bridgehead atoms. The van der Waals surface area contributed by atoms with Gasteiger partial charge in [0.15, 0.2) is 0 Å². The number of anilines is 1. The van der Waals surface area contributed by atoms with Gasteiger partial charge in [-0.3, -0.25) is 10.1 Å². The number of carbonyl (C=O) groups excluding carboxylic acids is 1. The molecule has 2 saturated heterocycles. The molecule has 0 unspecified atom stereocenters. The van der Waals surface area contributed by atoms with Crippen molar-refractivity contribution in [2.75, 3.05) is 31.1 Å². The van der Waals surface area contributed by atoms with Gasteiger partial charge >= 0.3 is 11.7 Å². The molecule has 0 aliphatic carbocycles. The molecule has 0 saturated carbocycles. The largest absolute Gasteiger partial charge is 0.351 e. The standard InChI is InChI=1S/C14H19N5O3/c1-10-8-12(19(21)22)13(16-9-10)17-5-2-11(3-6-17)18-7-4-15-14(18)20/h8-9,11H,2-7H2,1H3,(H,15,20). The van der Waals surface area contributed by atoms with Crippen LogP contribution in [-0.4, -0.2) is 53.1 Å². The van der Waals surface area contributed by atoms with E-state index in [0.29, 0.717) is 25.5 Å². The predicted octanol–water partition coefficient (Wildman–Crippen LogP) is 1.29. The van der Waals surface area contributed by atoms with Gasteiger partial charge in [-0.25, -0.2) is 9.78 Å². The first-order chi connectivity index (χ1) is 10.6. The van der Waals surface area contributed by atoms with E-state index in [-0.39, 0.29) is 22.7 Å². The Bertz CT molecular complexity index is 598. The average molecular weight is 305 g/mol. The van der Waals surface area contributed by atoms with Crippen LogP contribution in [-0.2, 0) is 0 Å². The molecule has 8 nitrogen and oxygen atoms in total. The Morgan fingerprint density at radius 3 is 2.68 bits per heavy atom. The lowest BCUT2D eigenvalue weighted by Gasteiger charge is -2.36. The second-order valence-corrected chi connectivity index (χ2v) is 5.76. The number of carbonyl (C=O) groups is 1. The number of nitrogens with one attached hydrogen (secondary N) is 1. The van der Waals surface area contributed by atoms with Gasteiger partial charge in [0.05, 0.1) is 4.92 Å². The molecule has 3 rings (SSSR count). The number of aryl methyl sites for hydroxylation is 1. The molecule has 1 aromatic rings. The summed E-state index contributed by atoms with van der Waals surface area (Å²) in [4.78, 5) is 30.6. The van der Waals surface area contributed by atoms with Crippen molar-refractivity contribution in [3.63, 3.8) is 0 Å². The molecule has 2 fully saturated rings. The van der Waals surface area contributed by atoms with Crippen molar-refractivity contribution >= 4 is 17.5 Å². The molecular formula is C14H19N5O3. The lowest BCUT2D eigenvalue weighted by Crippen LogP contribution is -2.46. The van der Waals surface area contributed by atoms with Crippen LogP contribution in [0.15, 0.2) is 12.3 Å². The lowest BCUT2D eigenvalue weighted by atomic mass is 10.0. The first-order valence-corrected chi connectivity index (χ1v) is 7.46. The summed E-state index contributed by atoms with van der Waals surface area (Å²) < 4.78 is 0. The van der Waals surface area contributed by atoms with E-state index in [0.717, 1.165) is 24.9 Å². The molecule has 2 aliphatic rings. The second kappa shape index (κ2) is 5.78. The van der Waals surface area contributed by atoms with Crippen molar-refractivity contribution in [2.24, 2.45) is 0 Å². The van der Waals surface area contributed by atoms with Crippen LogP contribution >= 0.6 is 0 Å². The number of nitrogens with zero attached hydrogens (tertiary/aromatic N) is 4. The van der Waals surface area contributed by atoms with Crippen molar-refractivity contribution < 1.29 is 9.72 Å². The molecule has 22 heavy (non-hydrogen) atoms. The highest BCUT2D eigenvalue weighted by molar-refractivity contribution is 5.76. The number of hydrogen-bond donors (Lipinski definition) is 1. The molecule has 0 spiro atoms. The van der Waals surface area contributed by atoms with Gasteiger partial charge in [-0.2, -0.15) is 0 Å². The molecular weight excluding hydrogens is 286 g/mol. The van der Waals surface area contributed by atoms with E-state index >= 15 is 0 Å².